The third kappa shape index (κ3) is 3.80. The number of esters is 1. The van der Waals surface area contributed by atoms with Gasteiger partial charge in [-0.1, -0.05) is 0 Å². The molecule has 6 nitrogen and oxygen atoms in total. The fourth-order valence-corrected chi connectivity index (χ4v) is 1.55. The standard InChI is InChI=1S/C12H19N3O3/c1-12(2,3)14-10(16)7-15-6-8(13)5-9(15)11(17)18-4/h5-6H,7,13H2,1-4H3,(H,14,16). The molecule has 0 aliphatic heterocycles. The molecule has 0 saturated heterocycles. The van der Waals surface area contributed by atoms with Crippen molar-refractivity contribution >= 4 is 17.6 Å². The quantitative estimate of drug-likeness (QED) is 0.779. The molecule has 1 aromatic heterocycles. The van der Waals surface area contributed by atoms with Crippen molar-refractivity contribution < 1.29 is 14.3 Å². The van der Waals surface area contributed by atoms with Crippen molar-refractivity contribution in [2.75, 3.05) is 12.8 Å². The normalized spacial score (nSPS) is 11.1. The number of anilines is 1. The van der Waals surface area contributed by atoms with Crippen molar-refractivity contribution in [2.24, 2.45) is 0 Å². The number of amides is 1. The first-order valence-corrected chi connectivity index (χ1v) is 5.58. The molecule has 6 heteroatoms. The Labute approximate surface area is 106 Å². The maximum atomic E-state index is 11.8. The van der Waals surface area contributed by atoms with Gasteiger partial charge in [0, 0.05) is 11.7 Å². The van der Waals surface area contributed by atoms with Gasteiger partial charge in [0.15, 0.2) is 0 Å². The van der Waals surface area contributed by atoms with E-state index in [4.69, 9.17) is 5.73 Å². The smallest absolute Gasteiger partial charge is 0.354 e. The Bertz CT molecular complexity index is 458. The molecule has 1 amide bonds. The number of hydrogen-bond acceptors (Lipinski definition) is 4. The van der Waals surface area contributed by atoms with Gasteiger partial charge in [-0.15, -0.1) is 0 Å². The van der Waals surface area contributed by atoms with Crippen molar-refractivity contribution in [3.8, 4) is 0 Å². The zero-order valence-corrected chi connectivity index (χ0v) is 11.1. The van der Waals surface area contributed by atoms with Crippen molar-refractivity contribution in [3.63, 3.8) is 0 Å². The highest BCUT2D eigenvalue weighted by Gasteiger charge is 2.18. The number of nitrogens with one attached hydrogen (secondary N) is 1. The molecule has 0 spiro atoms. The number of ether oxygens (including phenoxy) is 1. The van der Waals surface area contributed by atoms with Crippen LogP contribution in [0.5, 0.6) is 0 Å². The highest BCUT2D eigenvalue weighted by molar-refractivity contribution is 5.89. The van der Waals surface area contributed by atoms with E-state index in [1.54, 1.807) is 0 Å². The lowest BCUT2D eigenvalue weighted by Crippen LogP contribution is -2.42. The number of nitrogens with two attached hydrogens (primary N) is 1. The molecule has 0 aromatic carbocycles. The van der Waals surface area contributed by atoms with Gasteiger partial charge in [0.2, 0.25) is 5.91 Å². The highest BCUT2D eigenvalue weighted by Crippen LogP contribution is 2.12. The van der Waals surface area contributed by atoms with E-state index >= 15 is 0 Å². The summed E-state index contributed by atoms with van der Waals surface area (Å²) in [5, 5.41) is 2.81. The maximum absolute atomic E-state index is 11.8. The van der Waals surface area contributed by atoms with Gasteiger partial charge in [-0.25, -0.2) is 4.79 Å². The molecule has 0 saturated carbocycles. The van der Waals surface area contributed by atoms with Crippen LogP contribution in [0.25, 0.3) is 0 Å². The minimum absolute atomic E-state index is 0.0267. The third-order valence-electron chi connectivity index (χ3n) is 2.14. The van der Waals surface area contributed by atoms with E-state index in [1.807, 2.05) is 20.8 Å². The second-order valence-electron chi connectivity index (χ2n) is 5.08. The minimum atomic E-state index is -0.518. The molecule has 0 aliphatic carbocycles. The van der Waals surface area contributed by atoms with Gasteiger partial charge in [-0.2, -0.15) is 0 Å². The van der Waals surface area contributed by atoms with Gasteiger partial charge >= 0.3 is 5.97 Å². The zero-order chi connectivity index (χ0) is 13.9. The first kappa shape index (κ1) is 14.1. The number of nitrogens with zero attached hydrogens (tertiary/aromatic N) is 1. The van der Waals surface area contributed by atoms with Crippen molar-refractivity contribution in [1.29, 1.82) is 0 Å². The molecule has 0 atom stereocenters. The lowest BCUT2D eigenvalue weighted by Gasteiger charge is -2.20. The predicted molar refractivity (Wildman–Crippen MR) is 68.1 cm³/mol. The summed E-state index contributed by atoms with van der Waals surface area (Å²) >= 11 is 0. The predicted octanol–water partition coefficient (Wildman–Crippen LogP) is 0.772. The molecule has 100 valence electrons. The largest absolute Gasteiger partial charge is 0.464 e. The van der Waals surface area contributed by atoms with E-state index in [-0.39, 0.29) is 23.7 Å². The molecular weight excluding hydrogens is 234 g/mol. The van der Waals surface area contributed by atoms with E-state index in [0.29, 0.717) is 5.69 Å². The summed E-state index contributed by atoms with van der Waals surface area (Å²) in [6.45, 7) is 5.68. The van der Waals surface area contributed by atoms with Crippen LogP contribution in [0.3, 0.4) is 0 Å². The van der Waals surface area contributed by atoms with Gasteiger partial charge < -0.3 is 20.4 Å². The lowest BCUT2D eigenvalue weighted by atomic mass is 10.1. The Morgan fingerprint density at radius 2 is 2.06 bits per heavy atom. The summed E-state index contributed by atoms with van der Waals surface area (Å²) in [5.41, 5.74) is 5.98. The van der Waals surface area contributed by atoms with Crippen LogP contribution >= 0.6 is 0 Å². The molecule has 0 unspecified atom stereocenters. The SMILES string of the molecule is COC(=O)c1cc(N)cn1CC(=O)NC(C)(C)C. The lowest BCUT2D eigenvalue weighted by molar-refractivity contribution is -0.123. The minimum Gasteiger partial charge on any atom is -0.464 e. The molecule has 0 radical (unpaired) electrons. The summed E-state index contributed by atoms with van der Waals surface area (Å²) in [4.78, 5) is 23.3. The van der Waals surface area contributed by atoms with E-state index in [9.17, 15) is 9.59 Å². The Hall–Kier alpha value is -1.98. The number of hydrogen-bond donors (Lipinski definition) is 2. The van der Waals surface area contributed by atoms with Crippen LogP contribution < -0.4 is 11.1 Å². The highest BCUT2D eigenvalue weighted by atomic mass is 16.5. The molecule has 18 heavy (non-hydrogen) atoms. The molecule has 1 rings (SSSR count). The molecule has 1 aromatic rings. The van der Waals surface area contributed by atoms with Crippen LogP contribution in [0.2, 0.25) is 0 Å². The Balaban J connectivity index is 2.84. The summed E-state index contributed by atoms with van der Waals surface area (Å²) in [5.74, 6) is -0.710. The average molecular weight is 253 g/mol. The van der Waals surface area contributed by atoms with Crippen LogP contribution in [-0.2, 0) is 16.1 Å². The number of carbonyl (C=O) groups excluding carboxylic acids is 2. The van der Waals surface area contributed by atoms with Crippen LogP contribution in [0.15, 0.2) is 12.3 Å². The van der Waals surface area contributed by atoms with Gasteiger partial charge in [-0.3, -0.25) is 4.79 Å². The summed E-state index contributed by atoms with van der Waals surface area (Å²) in [7, 11) is 1.28. The van der Waals surface area contributed by atoms with Gasteiger partial charge in [0.05, 0.1) is 12.8 Å². The van der Waals surface area contributed by atoms with Crippen molar-refractivity contribution in [1.82, 2.24) is 9.88 Å². The van der Waals surface area contributed by atoms with E-state index in [1.165, 1.54) is 23.9 Å². The van der Waals surface area contributed by atoms with E-state index in [0.717, 1.165) is 0 Å². The second-order valence-corrected chi connectivity index (χ2v) is 5.08. The van der Waals surface area contributed by atoms with E-state index in [2.05, 4.69) is 10.1 Å². The van der Waals surface area contributed by atoms with Crippen LogP contribution in [0.1, 0.15) is 31.3 Å². The fraction of sp³-hybridized carbons (Fsp3) is 0.500. The topological polar surface area (TPSA) is 86.3 Å². The third-order valence-corrected chi connectivity index (χ3v) is 2.14. The molecule has 0 fully saturated rings. The molecule has 1 heterocycles. The van der Waals surface area contributed by atoms with Crippen molar-refractivity contribution in [2.45, 2.75) is 32.9 Å². The number of aromatic nitrogens is 1. The average Bonchev–Trinajstić information content (AvgIpc) is 2.55. The monoisotopic (exact) mass is 253 g/mol. The molecule has 0 aliphatic rings. The van der Waals surface area contributed by atoms with Crippen LogP contribution in [-0.4, -0.2) is 29.1 Å². The number of nitrogen functional groups attached to an aromatic ring is 1. The molecular formula is C12H19N3O3. The Morgan fingerprint density at radius 1 is 1.44 bits per heavy atom. The second kappa shape index (κ2) is 5.12. The zero-order valence-electron chi connectivity index (χ0n) is 11.1. The van der Waals surface area contributed by atoms with Gasteiger partial charge in [-0.05, 0) is 26.8 Å². The Morgan fingerprint density at radius 3 is 2.56 bits per heavy atom. The molecule has 0 bridgehead atoms. The van der Waals surface area contributed by atoms with Crippen LogP contribution in [0.4, 0.5) is 5.69 Å². The van der Waals surface area contributed by atoms with Crippen LogP contribution in [0, 0.1) is 0 Å². The number of carbonyl (C=O) groups is 2. The first-order valence-electron chi connectivity index (χ1n) is 5.58. The number of methoxy groups -OCH3 is 1. The summed E-state index contributed by atoms with van der Waals surface area (Å²) in [6, 6.07) is 1.48. The molecule has 3 N–H and O–H groups in total. The maximum Gasteiger partial charge on any atom is 0.354 e. The Kier molecular flexibility index (Phi) is 4.00. The summed E-state index contributed by atoms with van der Waals surface area (Å²) in [6.07, 6.45) is 1.54. The summed E-state index contributed by atoms with van der Waals surface area (Å²) < 4.78 is 6.10. The van der Waals surface area contributed by atoms with Gasteiger partial charge in [0.25, 0.3) is 0 Å². The number of rotatable bonds is 3. The van der Waals surface area contributed by atoms with E-state index < -0.39 is 5.97 Å². The fourth-order valence-electron chi connectivity index (χ4n) is 1.55. The first-order chi connectivity index (χ1) is 8.23. The van der Waals surface area contributed by atoms with Crippen molar-refractivity contribution in [3.05, 3.63) is 18.0 Å². The van der Waals surface area contributed by atoms with Gasteiger partial charge in [0.1, 0.15) is 12.2 Å².